The Hall–Kier alpha value is -0.800. The minimum Gasteiger partial charge on any atom is -0.356 e. The molecule has 0 amide bonds. The molecule has 2 fully saturated rings. The van der Waals surface area contributed by atoms with Gasteiger partial charge in [0.2, 0.25) is 0 Å². The van der Waals surface area contributed by atoms with E-state index in [1.807, 2.05) is 6.07 Å². The molecule has 21 heavy (non-hydrogen) atoms. The summed E-state index contributed by atoms with van der Waals surface area (Å²) in [7, 11) is 2.18. The molecule has 0 spiro atoms. The number of hydrogen-bond donors (Lipinski definition) is 1. The first-order valence-corrected chi connectivity index (χ1v) is 8.64. The van der Waals surface area contributed by atoms with Crippen LogP contribution >= 0.6 is 11.6 Å². The van der Waals surface area contributed by atoms with Crippen molar-refractivity contribution in [3.63, 3.8) is 0 Å². The first kappa shape index (κ1) is 15.1. The summed E-state index contributed by atoms with van der Waals surface area (Å²) in [6.45, 7) is 3.15. The van der Waals surface area contributed by atoms with Crippen LogP contribution in [0.5, 0.6) is 0 Å². The Balaban J connectivity index is 1.72. The Labute approximate surface area is 133 Å². The van der Waals surface area contributed by atoms with Crippen LogP contribution in [0.1, 0.15) is 51.1 Å². The zero-order valence-electron chi connectivity index (χ0n) is 13.1. The van der Waals surface area contributed by atoms with Crippen molar-refractivity contribution in [1.82, 2.24) is 10.3 Å². The Morgan fingerprint density at radius 1 is 1.24 bits per heavy atom. The van der Waals surface area contributed by atoms with E-state index in [0.29, 0.717) is 12.1 Å². The van der Waals surface area contributed by atoms with Crippen LogP contribution in [0.25, 0.3) is 0 Å². The van der Waals surface area contributed by atoms with E-state index in [2.05, 4.69) is 30.3 Å². The van der Waals surface area contributed by atoms with Crippen LogP contribution in [-0.2, 0) is 6.54 Å². The quantitative estimate of drug-likeness (QED) is 0.891. The fraction of sp³-hybridized carbons (Fsp3) is 0.706. The standard InChI is InChI=1S/C17H26ClN3/c1-12-5-3-4-6-16(12)21(2)17-10-9-14(18)15(20-17)11-19-13-7-8-13/h9-10,12-13,16,19H,3-8,11H2,1-2H3. The van der Waals surface area contributed by atoms with Gasteiger partial charge in [0.05, 0.1) is 10.7 Å². The maximum absolute atomic E-state index is 6.30. The van der Waals surface area contributed by atoms with Gasteiger partial charge in [-0.3, -0.25) is 0 Å². The van der Waals surface area contributed by atoms with Crippen molar-refractivity contribution >= 4 is 17.4 Å². The summed E-state index contributed by atoms with van der Waals surface area (Å²) in [6.07, 6.45) is 7.89. The van der Waals surface area contributed by atoms with Crippen molar-refractivity contribution in [3.05, 3.63) is 22.8 Å². The van der Waals surface area contributed by atoms with Crippen LogP contribution in [0.15, 0.2) is 12.1 Å². The van der Waals surface area contributed by atoms with Crippen LogP contribution < -0.4 is 10.2 Å². The molecule has 2 saturated carbocycles. The van der Waals surface area contributed by atoms with Gasteiger partial charge < -0.3 is 10.2 Å². The van der Waals surface area contributed by atoms with E-state index in [4.69, 9.17) is 16.6 Å². The second kappa shape index (κ2) is 6.53. The van der Waals surface area contributed by atoms with Crippen molar-refractivity contribution in [2.75, 3.05) is 11.9 Å². The molecule has 3 rings (SSSR count). The molecule has 0 bridgehead atoms. The smallest absolute Gasteiger partial charge is 0.128 e. The van der Waals surface area contributed by atoms with Gasteiger partial charge in [-0.05, 0) is 43.7 Å². The van der Waals surface area contributed by atoms with Gasteiger partial charge >= 0.3 is 0 Å². The lowest BCUT2D eigenvalue weighted by molar-refractivity contribution is 0.320. The van der Waals surface area contributed by atoms with Crippen LogP contribution in [0.3, 0.4) is 0 Å². The lowest BCUT2D eigenvalue weighted by atomic mass is 9.85. The molecule has 1 heterocycles. The van der Waals surface area contributed by atoms with E-state index >= 15 is 0 Å². The summed E-state index contributed by atoms with van der Waals surface area (Å²) in [5.74, 6) is 1.81. The number of nitrogens with one attached hydrogen (secondary N) is 1. The number of pyridine rings is 1. The molecule has 2 aliphatic carbocycles. The zero-order chi connectivity index (χ0) is 14.8. The molecule has 1 aromatic rings. The van der Waals surface area contributed by atoms with Crippen LogP contribution in [0.2, 0.25) is 5.02 Å². The highest BCUT2D eigenvalue weighted by molar-refractivity contribution is 6.31. The van der Waals surface area contributed by atoms with Crippen molar-refractivity contribution < 1.29 is 0 Å². The number of nitrogens with zero attached hydrogens (tertiary/aromatic N) is 2. The van der Waals surface area contributed by atoms with Gasteiger partial charge in [-0.1, -0.05) is 31.4 Å². The molecule has 2 atom stereocenters. The highest BCUT2D eigenvalue weighted by atomic mass is 35.5. The highest BCUT2D eigenvalue weighted by Gasteiger charge is 2.26. The van der Waals surface area contributed by atoms with Crippen LogP contribution in [0, 0.1) is 5.92 Å². The summed E-state index contributed by atoms with van der Waals surface area (Å²) < 4.78 is 0. The minimum atomic E-state index is 0.608. The number of halogens is 1. The maximum Gasteiger partial charge on any atom is 0.128 e. The molecule has 0 saturated heterocycles. The third-order valence-corrected chi connectivity index (χ3v) is 5.31. The van der Waals surface area contributed by atoms with Gasteiger partial charge in [-0.2, -0.15) is 0 Å². The topological polar surface area (TPSA) is 28.2 Å². The largest absolute Gasteiger partial charge is 0.356 e. The average Bonchev–Trinajstić information content (AvgIpc) is 3.30. The molecule has 0 aromatic carbocycles. The first-order chi connectivity index (χ1) is 10.1. The summed E-state index contributed by atoms with van der Waals surface area (Å²) in [6, 6.07) is 5.35. The molecular weight excluding hydrogens is 282 g/mol. The lowest BCUT2D eigenvalue weighted by Crippen LogP contribution is -2.39. The van der Waals surface area contributed by atoms with Crippen LogP contribution in [0.4, 0.5) is 5.82 Å². The Morgan fingerprint density at radius 3 is 2.71 bits per heavy atom. The third-order valence-electron chi connectivity index (χ3n) is 4.96. The Kier molecular flexibility index (Phi) is 4.70. The summed E-state index contributed by atoms with van der Waals surface area (Å²) in [5, 5.41) is 4.28. The predicted molar refractivity (Wildman–Crippen MR) is 88.9 cm³/mol. The SMILES string of the molecule is CC1CCCCC1N(C)c1ccc(Cl)c(CNC2CC2)n1. The maximum atomic E-state index is 6.30. The van der Waals surface area contributed by atoms with Gasteiger partial charge in [-0.25, -0.2) is 4.98 Å². The average molecular weight is 308 g/mol. The molecular formula is C17H26ClN3. The number of anilines is 1. The molecule has 1 aromatic heterocycles. The van der Waals surface area contributed by atoms with E-state index in [9.17, 15) is 0 Å². The second-order valence-corrected chi connectivity index (χ2v) is 7.10. The fourth-order valence-electron chi connectivity index (χ4n) is 3.36. The monoisotopic (exact) mass is 307 g/mol. The molecule has 3 nitrogen and oxygen atoms in total. The Bertz CT molecular complexity index is 487. The van der Waals surface area contributed by atoms with Gasteiger partial charge in [0.15, 0.2) is 0 Å². The predicted octanol–water partition coefficient (Wildman–Crippen LogP) is 4.00. The van der Waals surface area contributed by atoms with E-state index in [1.165, 1.54) is 38.5 Å². The fourth-order valence-corrected chi connectivity index (χ4v) is 3.54. The molecule has 4 heteroatoms. The van der Waals surface area contributed by atoms with Gasteiger partial charge in [0.1, 0.15) is 5.82 Å². The summed E-state index contributed by atoms with van der Waals surface area (Å²) in [5.41, 5.74) is 0.983. The number of hydrogen-bond acceptors (Lipinski definition) is 3. The van der Waals surface area contributed by atoms with Gasteiger partial charge in [0.25, 0.3) is 0 Å². The van der Waals surface area contributed by atoms with Crippen molar-refractivity contribution in [3.8, 4) is 0 Å². The molecule has 2 aliphatic rings. The van der Waals surface area contributed by atoms with Crippen LogP contribution in [-0.4, -0.2) is 24.1 Å². The van der Waals surface area contributed by atoms with Gasteiger partial charge in [0, 0.05) is 25.7 Å². The summed E-state index contributed by atoms with van der Waals surface area (Å²) in [4.78, 5) is 7.17. The zero-order valence-corrected chi connectivity index (χ0v) is 13.9. The third kappa shape index (κ3) is 3.70. The van der Waals surface area contributed by atoms with Crippen molar-refractivity contribution in [1.29, 1.82) is 0 Å². The van der Waals surface area contributed by atoms with Crippen molar-refractivity contribution in [2.24, 2.45) is 5.92 Å². The normalized spacial score (nSPS) is 25.9. The van der Waals surface area contributed by atoms with E-state index in [1.54, 1.807) is 0 Å². The first-order valence-electron chi connectivity index (χ1n) is 8.27. The molecule has 116 valence electrons. The summed E-state index contributed by atoms with van der Waals surface area (Å²) >= 11 is 6.30. The van der Waals surface area contributed by atoms with Gasteiger partial charge in [-0.15, -0.1) is 0 Å². The van der Waals surface area contributed by atoms with E-state index in [0.717, 1.165) is 29.0 Å². The molecule has 0 radical (unpaired) electrons. The molecule has 0 aliphatic heterocycles. The lowest BCUT2D eigenvalue weighted by Gasteiger charge is -2.37. The minimum absolute atomic E-state index is 0.608. The molecule has 1 N–H and O–H groups in total. The number of rotatable bonds is 5. The second-order valence-electron chi connectivity index (χ2n) is 6.69. The number of aromatic nitrogens is 1. The Morgan fingerprint density at radius 2 is 2.00 bits per heavy atom. The molecule has 2 unspecified atom stereocenters. The van der Waals surface area contributed by atoms with E-state index < -0.39 is 0 Å². The van der Waals surface area contributed by atoms with E-state index in [-0.39, 0.29) is 0 Å². The van der Waals surface area contributed by atoms with Crippen molar-refractivity contribution in [2.45, 2.75) is 64.1 Å². The highest BCUT2D eigenvalue weighted by Crippen LogP contribution is 2.30.